The van der Waals surface area contributed by atoms with Gasteiger partial charge in [0.25, 0.3) is 0 Å². The van der Waals surface area contributed by atoms with E-state index in [1.807, 2.05) is 20.8 Å². The fraction of sp³-hybridized carbons (Fsp3) is 0.692. The van der Waals surface area contributed by atoms with Crippen LogP contribution in [0.25, 0.3) is 0 Å². The number of nitrogens with two attached hydrogens (primary N) is 1. The lowest BCUT2D eigenvalue weighted by atomic mass is 10.2. The minimum absolute atomic E-state index is 0.378. The summed E-state index contributed by atoms with van der Waals surface area (Å²) in [5.74, 6) is 0.602. The molecule has 0 aromatic carbocycles. The Morgan fingerprint density at radius 2 is 2.11 bits per heavy atom. The highest BCUT2D eigenvalue weighted by Crippen LogP contribution is 2.06. The summed E-state index contributed by atoms with van der Waals surface area (Å²) in [4.78, 5) is 15.5. The molecule has 0 spiro atoms. The summed E-state index contributed by atoms with van der Waals surface area (Å²) in [6.45, 7) is 10.4. The summed E-state index contributed by atoms with van der Waals surface area (Å²) in [5.41, 5.74) is 5.15. The molecule has 18 heavy (non-hydrogen) atoms. The van der Waals surface area contributed by atoms with Crippen LogP contribution in [0, 0.1) is 0 Å². The van der Waals surface area contributed by atoms with Crippen molar-refractivity contribution in [2.75, 3.05) is 13.1 Å². The van der Waals surface area contributed by atoms with E-state index < -0.39 is 5.60 Å². The average molecular weight is 255 g/mol. The van der Waals surface area contributed by atoms with Crippen molar-refractivity contribution >= 4 is 11.9 Å². The first kappa shape index (κ1) is 16.5. The SMILES string of the molecule is C=CCC(N)=NCCCCNC(=O)OC(C)(C)C. The summed E-state index contributed by atoms with van der Waals surface area (Å²) in [7, 11) is 0. The molecule has 0 heterocycles. The van der Waals surface area contributed by atoms with E-state index in [-0.39, 0.29) is 6.09 Å². The maximum Gasteiger partial charge on any atom is 0.407 e. The second-order valence-corrected chi connectivity index (χ2v) is 5.00. The third-order valence-electron chi connectivity index (χ3n) is 1.92. The number of nitrogens with one attached hydrogen (secondary N) is 1. The van der Waals surface area contributed by atoms with Crippen LogP contribution in [0.4, 0.5) is 4.79 Å². The molecule has 0 bridgehead atoms. The Balaban J connectivity index is 3.54. The maximum absolute atomic E-state index is 11.3. The molecular formula is C13H25N3O2. The Morgan fingerprint density at radius 3 is 2.67 bits per heavy atom. The Kier molecular flexibility index (Phi) is 7.83. The molecule has 0 saturated carbocycles. The van der Waals surface area contributed by atoms with E-state index >= 15 is 0 Å². The lowest BCUT2D eigenvalue weighted by Gasteiger charge is -2.19. The Labute approximate surface area is 109 Å². The minimum atomic E-state index is -0.451. The van der Waals surface area contributed by atoms with E-state index in [0.29, 0.717) is 25.3 Å². The Morgan fingerprint density at radius 1 is 1.44 bits per heavy atom. The lowest BCUT2D eigenvalue weighted by Crippen LogP contribution is -2.33. The number of carbonyl (C=O) groups is 1. The van der Waals surface area contributed by atoms with Crippen molar-refractivity contribution in [3.8, 4) is 0 Å². The highest BCUT2D eigenvalue weighted by molar-refractivity contribution is 5.81. The van der Waals surface area contributed by atoms with Gasteiger partial charge in [0.05, 0.1) is 5.84 Å². The van der Waals surface area contributed by atoms with Crippen LogP contribution in [0.5, 0.6) is 0 Å². The first-order valence-corrected chi connectivity index (χ1v) is 6.21. The van der Waals surface area contributed by atoms with E-state index in [1.165, 1.54) is 0 Å². The zero-order chi connectivity index (χ0) is 14.0. The number of hydrogen-bond acceptors (Lipinski definition) is 3. The number of rotatable bonds is 7. The van der Waals surface area contributed by atoms with Crippen molar-refractivity contribution in [2.24, 2.45) is 10.7 Å². The predicted molar refractivity (Wildman–Crippen MR) is 74.8 cm³/mol. The molecule has 0 unspecified atom stereocenters. The van der Waals surface area contributed by atoms with Crippen molar-refractivity contribution in [1.29, 1.82) is 0 Å². The van der Waals surface area contributed by atoms with Gasteiger partial charge in [-0.05, 0) is 33.6 Å². The largest absolute Gasteiger partial charge is 0.444 e. The van der Waals surface area contributed by atoms with Crippen LogP contribution < -0.4 is 11.1 Å². The molecule has 0 aliphatic carbocycles. The fourth-order valence-electron chi connectivity index (χ4n) is 1.18. The molecule has 0 aliphatic heterocycles. The first-order valence-electron chi connectivity index (χ1n) is 6.21. The molecule has 0 atom stereocenters. The van der Waals surface area contributed by atoms with Crippen LogP contribution in [0.2, 0.25) is 0 Å². The van der Waals surface area contributed by atoms with Crippen LogP contribution in [0.1, 0.15) is 40.0 Å². The van der Waals surface area contributed by atoms with Gasteiger partial charge < -0.3 is 15.8 Å². The molecule has 5 nitrogen and oxygen atoms in total. The number of carbonyl (C=O) groups excluding carboxylic acids is 1. The van der Waals surface area contributed by atoms with Crippen LogP contribution in [-0.2, 0) is 4.74 Å². The lowest BCUT2D eigenvalue weighted by molar-refractivity contribution is 0.0527. The van der Waals surface area contributed by atoms with E-state index in [1.54, 1.807) is 6.08 Å². The maximum atomic E-state index is 11.3. The summed E-state index contributed by atoms with van der Waals surface area (Å²) in [6, 6.07) is 0. The summed E-state index contributed by atoms with van der Waals surface area (Å²) in [5, 5.41) is 2.70. The van der Waals surface area contributed by atoms with Gasteiger partial charge in [0.1, 0.15) is 5.60 Å². The molecule has 104 valence electrons. The molecule has 0 radical (unpaired) electrons. The molecule has 0 saturated heterocycles. The van der Waals surface area contributed by atoms with E-state index in [2.05, 4.69) is 16.9 Å². The monoisotopic (exact) mass is 255 g/mol. The van der Waals surface area contributed by atoms with Gasteiger partial charge in [0.2, 0.25) is 0 Å². The molecule has 0 rings (SSSR count). The molecule has 0 fully saturated rings. The van der Waals surface area contributed by atoms with Gasteiger partial charge in [-0.1, -0.05) is 6.08 Å². The molecule has 3 N–H and O–H groups in total. The molecule has 0 aromatic heterocycles. The highest BCUT2D eigenvalue weighted by Gasteiger charge is 2.15. The Hall–Kier alpha value is -1.52. The number of hydrogen-bond donors (Lipinski definition) is 2. The molecule has 0 aliphatic rings. The molecule has 1 amide bonds. The molecule has 0 aromatic rings. The zero-order valence-corrected chi connectivity index (χ0v) is 11.7. The summed E-state index contributed by atoms with van der Waals surface area (Å²) < 4.78 is 5.11. The third kappa shape index (κ3) is 11.0. The van der Waals surface area contributed by atoms with Crippen molar-refractivity contribution < 1.29 is 9.53 Å². The van der Waals surface area contributed by atoms with Crippen LogP contribution in [0.15, 0.2) is 17.6 Å². The smallest absolute Gasteiger partial charge is 0.407 e. The van der Waals surface area contributed by atoms with Crippen molar-refractivity contribution in [2.45, 2.75) is 45.6 Å². The van der Waals surface area contributed by atoms with Crippen LogP contribution in [0.3, 0.4) is 0 Å². The zero-order valence-electron chi connectivity index (χ0n) is 11.7. The van der Waals surface area contributed by atoms with Gasteiger partial charge in [0, 0.05) is 19.5 Å². The van der Waals surface area contributed by atoms with Crippen LogP contribution in [-0.4, -0.2) is 30.6 Å². The van der Waals surface area contributed by atoms with Gasteiger partial charge in [0.15, 0.2) is 0 Å². The van der Waals surface area contributed by atoms with Gasteiger partial charge >= 0.3 is 6.09 Å². The minimum Gasteiger partial charge on any atom is -0.444 e. The molecule has 5 heteroatoms. The number of aliphatic imine (C=N–C) groups is 1. The fourth-order valence-corrected chi connectivity index (χ4v) is 1.18. The number of amides is 1. The topological polar surface area (TPSA) is 76.7 Å². The van der Waals surface area contributed by atoms with Gasteiger partial charge in [-0.3, -0.25) is 4.99 Å². The second-order valence-electron chi connectivity index (χ2n) is 5.00. The highest BCUT2D eigenvalue weighted by atomic mass is 16.6. The molecular weight excluding hydrogens is 230 g/mol. The van der Waals surface area contributed by atoms with Gasteiger partial charge in [-0.2, -0.15) is 0 Å². The summed E-state index contributed by atoms with van der Waals surface area (Å²) in [6.07, 6.45) is 3.70. The van der Waals surface area contributed by atoms with Crippen molar-refractivity contribution in [1.82, 2.24) is 5.32 Å². The van der Waals surface area contributed by atoms with Gasteiger partial charge in [-0.25, -0.2) is 4.79 Å². The number of nitrogens with zero attached hydrogens (tertiary/aromatic N) is 1. The number of amidine groups is 1. The van der Waals surface area contributed by atoms with Crippen LogP contribution >= 0.6 is 0 Å². The third-order valence-corrected chi connectivity index (χ3v) is 1.92. The predicted octanol–water partition coefficient (Wildman–Crippen LogP) is 2.22. The average Bonchev–Trinajstić information content (AvgIpc) is 2.21. The number of ether oxygens (including phenoxy) is 1. The number of unbranched alkanes of at least 4 members (excludes halogenated alkanes) is 1. The summed E-state index contributed by atoms with van der Waals surface area (Å²) >= 11 is 0. The van der Waals surface area contributed by atoms with E-state index in [4.69, 9.17) is 10.5 Å². The standard InChI is InChI=1S/C13H25N3O2/c1-5-8-11(14)15-9-6-7-10-16-12(17)18-13(2,3)4/h5H,1,6-10H2,2-4H3,(H2,14,15)(H,16,17). The van der Waals surface area contributed by atoms with Crippen molar-refractivity contribution in [3.63, 3.8) is 0 Å². The van der Waals surface area contributed by atoms with E-state index in [9.17, 15) is 4.79 Å². The quantitative estimate of drug-likeness (QED) is 0.317. The van der Waals surface area contributed by atoms with Gasteiger partial charge in [-0.15, -0.1) is 6.58 Å². The second kappa shape index (κ2) is 8.55. The first-order chi connectivity index (χ1) is 8.35. The van der Waals surface area contributed by atoms with E-state index in [0.717, 1.165) is 12.8 Å². The number of alkyl carbamates (subject to hydrolysis) is 1. The normalized spacial score (nSPS) is 12.1. The van der Waals surface area contributed by atoms with Crippen molar-refractivity contribution in [3.05, 3.63) is 12.7 Å². The Bertz CT molecular complexity index is 293.